The highest BCUT2D eigenvalue weighted by atomic mass is 16.4. The Kier molecular flexibility index (Phi) is 3.69. The quantitative estimate of drug-likeness (QED) is 0.826. The third kappa shape index (κ3) is 2.83. The zero-order valence-electron chi connectivity index (χ0n) is 11.1. The van der Waals surface area contributed by atoms with E-state index in [4.69, 9.17) is 5.11 Å². The van der Waals surface area contributed by atoms with E-state index in [2.05, 4.69) is 4.98 Å². The SMILES string of the molecule is CN(C)C(=O)c1ccc2c(n1)CCCN(C(=O)O)C2. The number of aromatic nitrogens is 1. The van der Waals surface area contributed by atoms with Gasteiger partial charge in [0.1, 0.15) is 5.69 Å². The second-order valence-corrected chi connectivity index (χ2v) is 4.81. The standard InChI is InChI=1S/C13H17N3O3/c1-15(2)12(17)11-6-5-9-8-16(13(18)19)7-3-4-10(9)14-11/h5-6H,3-4,7-8H2,1-2H3,(H,18,19). The van der Waals surface area contributed by atoms with E-state index in [9.17, 15) is 9.59 Å². The van der Waals surface area contributed by atoms with Crippen molar-refractivity contribution in [3.63, 3.8) is 0 Å². The lowest BCUT2D eigenvalue weighted by atomic mass is 10.1. The number of amides is 2. The van der Waals surface area contributed by atoms with Crippen LogP contribution < -0.4 is 0 Å². The topological polar surface area (TPSA) is 73.7 Å². The Bertz CT molecular complexity index is 514. The predicted molar refractivity (Wildman–Crippen MR) is 69.0 cm³/mol. The molecule has 102 valence electrons. The number of fused-ring (bicyclic) bond motifs is 1. The van der Waals surface area contributed by atoms with E-state index in [1.165, 1.54) is 9.80 Å². The van der Waals surface area contributed by atoms with Crippen LogP contribution in [0.1, 0.15) is 28.2 Å². The molecule has 0 aliphatic carbocycles. The van der Waals surface area contributed by atoms with E-state index < -0.39 is 6.09 Å². The molecule has 0 saturated heterocycles. The van der Waals surface area contributed by atoms with Crippen molar-refractivity contribution in [2.75, 3.05) is 20.6 Å². The normalized spacial score (nSPS) is 14.5. The fourth-order valence-electron chi connectivity index (χ4n) is 2.12. The number of carboxylic acid groups (broad SMARTS) is 1. The molecule has 0 bridgehead atoms. The number of hydrogen-bond acceptors (Lipinski definition) is 3. The molecule has 1 N–H and O–H groups in total. The van der Waals surface area contributed by atoms with Gasteiger partial charge in [-0.05, 0) is 24.5 Å². The summed E-state index contributed by atoms with van der Waals surface area (Å²) in [5.74, 6) is -0.137. The maximum atomic E-state index is 11.8. The summed E-state index contributed by atoms with van der Waals surface area (Å²) in [6.07, 6.45) is 0.515. The second kappa shape index (κ2) is 5.26. The average molecular weight is 263 g/mol. The first kappa shape index (κ1) is 13.3. The minimum Gasteiger partial charge on any atom is -0.465 e. The van der Waals surface area contributed by atoms with E-state index in [-0.39, 0.29) is 5.91 Å². The summed E-state index contributed by atoms with van der Waals surface area (Å²) in [5.41, 5.74) is 2.12. The molecule has 0 atom stereocenters. The first-order valence-electron chi connectivity index (χ1n) is 6.17. The van der Waals surface area contributed by atoms with Gasteiger partial charge in [-0.15, -0.1) is 0 Å². The molecule has 0 saturated carbocycles. The lowest BCUT2D eigenvalue weighted by Gasteiger charge is -2.16. The Morgan fingerprint density at radius 3 is 2.74 bits per heavy atom. The van der Waals surface area contributed by atoms with Gasteiger partial charge in [0, 0.05) is 26.3 Å². The third-order valence-electron chi connectivity index (χ3n) is 3.17. The third-order valence-corrected chi connectivity index (χ3v) is 3.17. The molecule has 1 aliphatic rings. The van der Waals surface area contributed by atoms with Gasteiger partial charge in [0.25, 0.3) is 5.91 Å². The van der Waals surface area contributed by atoms with Crippen LogP contribution in [0.3, 0.4) is 0 Å². The number of carbonyl (C=O) groups is 2. The Balaban J connectivity index is 2.29. The molecule has 2 heterocycles. The Morgan fingerprint density at radius 2 is 2.11 bits per heavy atom. The highest BCUT2D eigenvalue weighted by Crippen LogP contribution is 2.18. The molecule has 6 heteroatoms. The first-order chi connectivity index (χ1) is 8.99. The lowest BCUT2D eigenvalue weighted by Crippen LogP contribution is -2.29. The highest BCUT2D eigenvalue weighted by molar-refractivity contribution is 5.92. The minimum absolute atomic E-state index is 0.137. The summed E-state index contributed by atoms with van der Waals surface area (Å²) < 4.78 is 0. The molecule has 0 spiro atoms. The summed E-state index contributed by atoms with van der Waals surface area (Å²) >= 11 is 0. The number of pyridine rings is 1. The maximum absolute atomic E-state index is 11.8. The van der Waals surface area contributed by atoms with Crippen molar-refractivity contribution in [1.82, 2.24) is 14.8 Å². The van der Waals surface area contributed by atoms with Crippen molar-refractivity contribution in [3.05, 3.63) is 29.1 Å². The average Bonchev–Trinajstić information content (AvgIpc) is 2.58. The monoisotopic (exact) mass is 263 g/mol. The fraction of sp³-hybridized carbons (Fsp3) is 0.462. The molecule has 1 aromatic rings. The van der Waals surface area contributed by atoms with Gasteiger partial charge in [0.05, 0.1) is 6.54 Å². The maximum Gasteiger partial charge on any atom is 0.407 e. The van der Waals surface area contributed by atoms with E-state index in [1.807, 2.05) is 0 Å². The van der Waals surface area contributed by atoms with Crippen LogP contribution in [0, 0.1) is 0 Å². The molecule has 2 rings (SSSR count). The van der Waals surface area contributed by atoms with Gasteiger partial charge in [-0.3, -0.25) is 4.79 Å². The summed E-state index contributed by atoms with van der Waals surface area (Å²) in [7, 11) is 3.36. The molecular formula is C13H17N3O3. The van der Waals surface area contributed by atoms with E-state index in [0.29, 0.717) is 25.2 Å². The smallest absolute Gasteiger partial charge is 0.407 e. The van der Waals surface area contributed by atoms with E-state index in [0.717, 1.165) is 17.7 Å². The fourth-order valence-corrected chi connectivity index (χ4v) is 2.12. The van der Waals surface area contributed by atoms with Crippen molar-refractivity contribution < 1.29 is 14.7 Å². The second-order valence-electron chi connectivity index (χ2n) is 4.81. The van der Waals surface area contributed by atoms with E-state index >= 15 is 0 Å². The van der Waals surface area contributed by atoms with Gasteiger partial charge in [-0.2, -0.15) is 0 Å². The van der Waals surface area contributed by atoms with Crippen LogP contribution in [0.4, 0.5) is 4.79 Å². The van der Waals surface area contributed by atoms with Gasteiger partial charge < -0.3 is 14.9 Å². The number of aryl methyl sites for hydroxylation is 1. The molecular weight excluding hydrogens is 246 g/mol. The molecule has 2 amide bonds. The molecule has 0 unspecified atom stereocenters. The highest BCUT2D eigenvalue weighted by Gasteiger charge is 2.20. The van der Waals surface area contributed by atoms with Gasteiger partial charge in [0.15, 0.2) is 0 Å². The van der Waals surface area contributed by atoms with Crippen molar-refractivity contribution in [2.24, 2.45) is 0 Å². The van der Waals surface area contributed by atoms with Crippen molar-refractivity contribution in [1.29, 1.82) is 0 Å². The van der Waals surface area contributed by atoms with Crippen LogP contribution in [-0.4, -0.2) is 52.5 Å². The summed E-state index contributed by atoms with van der Waals surface area (Å²) in [4.78, 5) is 30.1. The van der Waals surface area contributed by atoms with Crippen LogP contribution in [0.15, 0.2) is 12.1 Å². The summed E-state index contributed by atoms with van der Waals surface area (Å²) in [6, 6.07) is 3.47. The molecule has 1 aliphatic heterocycles. The molecule has 1 aromatic heterocycles. The van der Waals surface area contributed by atoms with E-state index in [1.54, 1.807) is 26.2 Å². The van der Waals surface area contributed by atoms with Crippen molar-refractivity contribution in [3.8, 4) is 0 Å². The van der Waals surface area contributed by atoms with Gasteiger partial charge >= 0.3 is 6.09 Å². The molecule has 0 fully saturated rings. The largest absolute Gasteiger partial charge is 0.465 e. The Labute approximate surface area is 111 Å². The van der Waals surface area contributed by atoms with Crippen LogP contribution in [0.2, 0.25) is 0 Å². The van der Waals surface area contributed by atoms with Crippen LogP contribution in [0.5, 0.6) is 0 Å². The molecule has 6 nitrogen and oxygen atoms in total. The van der Waals surface area contributed by atoms with Crippen LogP contribution >= 0.6 is 0 Å². The van der Waals surface area contributed by atoms with Crippen molar-refractivity contribution >= 4 is 12.0 Å². The number of rotatable bonds is 1. The number of carbonyl (C=O) groups excluding carboxylic acids is 1. The summed E-state index contributed by atoms with van der Waals surface area (Å²) in [5, 5.41) is 9.05. The number of nitrogens with zero attached hydrogens (tertiary/aromatic N) is 3. The van der Waals surface area contributed by atoms with Crippen molar-refractivity contribution in [2.45, 2.75) is 19.4 Å². The molecule has 0 aromatic carbocycles. The first-order valence-corrected chi connectivity index (χ1v) is 6.17. The van der Waals surface area contributed by atoms with Crippen LogP contribution in [0.25, 0.3) is 0 Å². The van der Waals surface area contributed by atoms with Gasteiger partial charge in [-0.25, -0.2) is 9.78 Å². The molecule has 19 heavy (non-hydrogen) atoms. The van der Waals surface area contributed by atoms with Crippen LogP contribution in [-0.2, 0) is 13.0 Å². The van der Waals surface area contributed by atoms with Gasteiger partial charge in [-0.1, -0.05) is 6.07 Å². The zero-order chi connectivity index (χ0) is 14.0. The lowest BCUT2D eigenvalue weighted by molar-refractivity contribution is 0.0821. The summed E-state index contributed by atoms with van der Waals surface area (Å²) in [6.45, 7) is 0.844. The Hall–Kier alpha value is -2.11. The predicted octanol–water partition coefficient (Wildman–Crippen LogP) is 1.21. The number of hydrogen-bond donors (Lipinski definition) is 1. The zero-order valence-corrected chi connectivity index (χ0v) is 11.1. The Morgan fingerprint density at radius 1 is 1.37 bits per heavy atom. The molecule has 0 radical (unpaired) electrons. The minimum atomic E-state index is -0.915. The van der Waals surface area contributed by atoms with Gasteiger partial charge in [0.2, 0.25) is 0 Å².